The Morgan fingerprint density at radius 3 is 2.83 bits per heavy atom. The summed E-state index contributed by atoms with van der Waals surface area (Å²) in [6.07, 6.45) is 3.09. The first-order chi connectivity index (χ1) is 11.3. The van der Waals surface area contributed by atoms with Gasteiger partial charge in [-0.2, -0.15) is 0 Å². The lowest BCUT2D eigenvalue weighted by Gasteiger charge is -2.13. The van der Waals surface area contributed by atoms with Gasteiger partial charge in [-0.3, -0.25) is 4.99 Å². The van der Waals surface area contributed by atoms with Crippen molar-refractivity contribution in [2.75, 3.05) is 40.0 Å². The molecule has 1 unspecified atom stereocenters. The Morgan fingerprint density at radius 1 is 1.33 bits per heavy atom. The molecule has 0 radical (unpaired) electrons. The van der Waals surface area contributed by atoms with E-state index in [4.69, 9.17) is 9.47 Å². The molecule has 24 heavy (non-hydrogen) atoms. The number of hydrogen-bond donors (Lipinski definition) is 2. The summed E-state index contributed by atoms with van der Waals surface area (Å²) in [5.41, 5.74) is 0.704. The minimum Gasteiger partial charge on any atom is -0.377 e. The summed E-state index contributed by atoms with van der Waals surface area (Å²) in [7, 11) is 1.71. The summed E-state index contributed by atoms with van der Waals surface area (Å²) in [4.78, 5) is 4.14. The maximum absolute atomic E-state index is 13.5. The van der Waals surface area contributed by atoms with Gasteiger partial charge in [-0.15, -0.1) is 24.0 Å². The van der Waals surface area contributed by atoms with Crippen molar-refractivity contribution in [3.05, 3.63) is 35.6 Å². The lowest BCUT2D eigenvalue weighted by molar-refractivity contribution is 0.0191. The van der Waals surface area contributed by atoms with Crippen LogP contribution in [0.1, 0.15) is 18.4 Å². The highest BCUT2D eigenvalue weighted by molar-refractivity contribution is 14.0. The van der Waals surface area contributed by atoms with Crippen LogP contribution in [-0.4, -0.2) is 52.0 Å². The Morgan fingerprint density at radius 2 is 2.12 bits per heavy atom. The SMILES string of the molecule is CN=C(NCCOCC1CCCO1)NCCc1ccccc1F.I. The zero-order valence-electron chi connectivity index (χ0n) is 14.1. The highest BCUT2D eigenvalue weighted by Crippen LogP contribution is 2.11. The monoisotopic (exact) mass is 451 g/mol. The fourth-order valence-corrected chi connectivity index (χ4v) is 2.47. The van der Waals surface area contributed by atoms with Crippen molar-refractivity contribution in [1.82, 2.24) is 10.6 Å². The van der Waals surface area contributed by atoms with Crippen LogP contribution in [0.4, 0.5) is 4.39 Å². The van der Waals surface area contributed by atoms with Crippen LogP contribution in [-0.2, 0) is 15.9 Å². The minimum absolute atomic E-state index is 0. The van der Waals surface area contributed by atoms with E-state index in [-0.39, 0.29) is 35.9 Å². The zero-order valence-corrected chi connectivity index (χ0v) is 16.4. The second-order valence-electron chi connectivity index (χ2n) is 5.48. The average Bonchev–Trinajstić information content (AvgIpc) is 3.08. The van der Waals surface area contributed by atoms with Crippen LogP contribution in [0.5, 0.6) is 0 Å². The first kappa shape index (κ1) is 21.1. The summed E-state index contributed by atoms with van der Waals surface area (Å²) < 4.78 is 24.6. The summed E-state index contributed by atoms with van der Waals surface area (Å²) in [5.74, 6) is 0.529. The Kier molecular flexibility index (Phi) is 10.9. The lowest BCUT2D eigenvalue weighted by Crippen LogP contribution is -2.40. The van der Waals surface area contributed by atoms with Crippen LogP contribution in [0.25, 0.3) is 0 Å². The number of rotatable bonds is 8. The molecule has 1 saturated heterocycles. The van der Waals surface area contributed by atoms with E-state index < -0.39 is 0 Å². The molecule has 1 fully saturated rings. The number of nitrogens with zero attached hydrogens (tertiary/aromatic N) is 1. The van der Waals surface area contributed by atoms with Gasteiger partial charge in [0.25, 0.3) is 0 Å². The Labute approximate surface area is 160 Å². The topological polar surface area (TPSA) is 54.9 Å². The van der Waals surface area contributed by atoms with E-state index in [0.717, 1.165) is 19.4 Å². The fraction of sp³-hybridized carbons (Fsp3) is 0.588. The molecule has 1 aromatic rings. The van der Waals surface area contributed by atoms with Crippen molar-refractivity contribution in [2.45, 2.75) is 25.4 Å². The molecule has 1 heterocycles. The molecule has 5 nitrogen and oxygen atoms in total. The quantitative estimate of drug-likeness (QED) is 0.276. The van der Waals surface area contributed by atoms with Crippen LogP contribution >= 0.6 is 24.0 Å². The molecule has 0 aliphatic carbocycles. The van der Waals surface area contributed by atoms with Crippen LogP contribution in [0.3, 0.4) is 0 Å². The van der Waals surface area contributed by atoms with E-state index in [1.165, 1.54) is 6.07 Å². The highest BCUT2D eigenvalue weighted by Gasteiger charge is 2.14. The Hall–Kier alpha value is -0.930. The van der Waals surface area contributed by atoms with Gasteiger partial charge in [0.05, 0.1) is 19.3 Å². The molecule has 1 atom stereocenters. The van der Waals surface area contributed by atoms with Gasteiger partial charge >= 0.3 is 0 Å². The van der Waals surface area contributed by atoms with Gasteiger partial charge in [0, 0.05) is 26.7 Å². The molecule has 0 amide bonds. The maximum Gasteiger partial charge on any atom is 0.191 e. The zero-order chi connectivity index (χ0) is 16.3. The van der Waals surface area contributed by atoms with Crippen LogP contribution < -0.4 is 10.6 Å². The molecule has 0 saturated carbocycles. The third-order valence-electron chi connectivity index (χ3n) is 3.73. The minimum atomic E-state index is -0.167. The van der Waals surface area contributed by atoms with Crippen molar-refractivity contribution < 1.29 is 13.9 Å². The summed E-state index contributed by atoms with van der Waals surface area (Å²) in [6.45, 7) is 3.41. The van der Waals surface area contributed by atoms with E-state index in [2.05, 4.69) is 15.6 Å². The van der Waals surface area contributed by atoms with Gasteiger partial charge in [0.2, 0.25) is 0 Å². The molecule has 2 rings (SSSR count). The molecule has 1 aliphatic rings. The predicted molar refractivity (Wildman–Crippen MR) is 105 cm³/mol. The van der Waals surface area contributed by atoms with Gasteiger partial charge in [0.1, 0.15) is 5.82 Å². The second kappa shape index (κ2) is 12.4. The summed E-state index contributed by atoms with van der Waals surface area (Å²) in [5, 5.41) is 6.34. The largest absolute Gasteiger partial charge is 0.377 e. The van der Waals surface area contributed by atoms with E-state index in [0.29, 0.717) is 44.2 Å². The Balaban J connectivity index is 0.00000288. The number of ether oxygens (including phenoxy) is 2. The van der Waals surface area contributed by atoms with Gasteiger partial charge in [-0.25, -0.2) is 4.39 Å². The van der Waals surface area contributed by atoms with E-state index in [1.807, 2.05) is 6.07 Å². The predicted octanol–water partition coefficient (Wildman–Crippen LogP) is 2.35. The number of benzene rings is 1. The molecule has 0 spiro atoms. The normalized spacial score (nSPS) is 17.4. The van der Waals surface area contributed by atoms with Gasteiger partial charge < -0.3 is 20.1 Å². The second-order valence-corrected chi connectivity index (χ2v) is 5.48. The highest BCUT2D eigenvalue weighted by atomic mass is 127. The molecule has 2 N–H and O–H groups in total. The van der Waals surface area contributed by atoms with E-state index in [9.17, 15) is 4.39 Å². The van der Waals surface area contributed by atoms with Crippen LogP contribution in [0.15, 0.2) is 29.3 Å². The molecule has 0 bridgehead atoms. The van der Waals surface area contributed by atoms with Crippen molar-refractivity contribution in [2.24, 2.45) is 4.99 Å². The van der Waals surface area contributed by atoms with Crippen molar-refractivity contribution in [3.8, 4) is 0 Å². The molecule has 7 heteroatoms. The van der Waals surface area contributed by atoms with Gasteiger partial charge in [-0.05, 0) is 30.9 Å². The number of nitrogens with one attached hydrogen (secondary N) is 2. The first-order valence-corrected chi connectivity index (χ1v) is 8.17. The molecule has 1 aromatic carbocycles. The molecular weight excluding hydrogens is 424 g/mol. The van der Waals surface area contributed by atoms with Crippen molar-refractivity contribution >= 4 is 29.9 Å². The summed E-state index contributed by atoms with van der Waals surface area (Å²) >= 11 is 0. The standard InChI is InChI=1S/C17H26FN3O2.HI/c1-19-17(20-9-8-14-5-2-3-7-16(14)18)21-10-12-22-13-15-6-4-11-23-15;/h2-3,5,7,15H,4,6,8-13H2,1H3,(H2,19,20,21);1H. The van der Waals surface area contributed by atoms with Crippen molar-refractivity contribution in [1.29, 1.82) is 0 Å². The number of halogens is 2. The molecule has 1 aliphatic heterocycles. The first-order valence-electron chi connectivity index (χ1n) is 8.17. The van der Waals surface area contributed by atoms with Crippen molar-refractivity contribution in [3.63, 3.8) is 0 Å². The third-order valence-corrected chi connectivity index (χ3v) is 3.73. The van der Waals surface area contributed by atoms with Crippen LogP contribution in [0.2, 0.25) is 0 Å². The number of aliphatic imine (C=N–C) groups is 1. The molecule has 136 valence electrons. The van der Waals surface area contributed by atoms with Crippen LogP contribution in [0, 0.1) is 5.82 Å². The molecule has 0 aromatic heterocycles. The average molecular weight is 451 g/mol. The fourth-order valence-electron chi connectivity index (χ4n) is 2.47. The smallest absolute Gasteiger partial charge is 0.191 e. The van der Waals surface area contributed by atoms with E-state index in [1.54, 1.807) is 19.2 Å². The third kappa shape index (κ3) is 7.76. The maximum atomic E-state index is 13.5. The lowest BCUT2D eigenvalue weighted by atomic mass is 10.1. The van der Waals surface area contributed by atoms with E-state index >= 15 is 0 Å². The number of guanidine groups is 1. The Bertz CT molecular complexity index is 496. The molecular formula is C17H27FIN3O2. The number of hydrogen-bond acceptors (Lipinski definition) is 3. The summed E-state index contributed by atoms with van der Waals surface area (Å²) in [6, 6.07) is 6.82. The van der Waals surface area contributed by atoms with Gasteiger partial charge in [-0.1, -0.05) is 18.2 Å². The van der Waals surface area contributed by atoms with Gasteiger partial charge in [0.15, 0.2) is 5.96 Å².